The van der Waals surface area contributed by atoms with Gasteiger partial charge in [0.25, 0.3) is 0 Å². The number of benzene rings is 1. The smallest absolute Gasteiger partial charge is 0.175 e. The van der Waals surface area contributed by atoms with Crippen molar-refractivity contribution in [1.82, 2.24) is 0 Å². The van der Waals surface area contributed by atoms with Crippen molar-refractivity contribution in [3.63, 3.8) is 0 Å². The van der Waals surface area contributed by atoms with Gasteiger partial charge in [0.15, 0.2) is 9.84 Å². The van der Waals surface area contributed by atoms with Crippen molar-refractivity contribution in [2.75, 3.05) is 23.1 Å². The Morgan fingerprint density at radius 2 is 2.00 bits per heavy atom. The van der Waals surface area contributed by atoms with Crippen molar-refractivity contribution in [2.45, 2.75) is 23.8 Å². The van der Waals surface area contributed by atoms with Crippen molar-refractivity contribution in [2.24, 2.45) is 0 Å². The average Bonchev–Trinajstić information content (AvgIpc) is 2.32. The molecule has 3 nitrogen and oxygen atoms in total. The first-order valence-electron chi connectivity index (χ1n) is 5.81. The van der Waals surface area contributed by atoms with E-state index >= 15 is 0 Å². The Balaban J connectivity index is 2.21. The second kappa shape index (κ2) is 5.48. The molecule has 0 spiro atoms. The predicted octanol–water partition coefficient (Wildman–Crippen LogP) is 2.54. The maximum absolute atomic E-state index is 13.7. The molecule has 0 bridgehead atoms. The lowest BCUT2D eigenvalue weighted by molar-refractivity contribution is 0.599. The van der Waals surface area contributed by atoms with Crippen LogP contribution in [0.25, 0.3) is 0 Å². The van der Waals surface area contributed by atoms with Gasteiger partial charge >= 0.3 is 0 Å². The van der Waals surface area contributed by atoms with Gasteiger partial charge in [-0.3, -0.25) is 0 Å². The first kappa shape index (κ1) is 13.7. The highest BCUT2D eigenvalue weighted by Gasteiger charge is 2.16. The number of sulfone groups is 1. The van der Waals surface area contributed by atoms with E-state index in [0.717, 1.165) is 30.6 Å². The van der Waals surface area contributed by atoms with Crippen molar-refractivity contribution in [3.8, 4) is 0 Å². The molecule has 1 heterocycles. The highest BCUT2D eigenvalue weighted by Crippen LogP contribution is 2.24. The zero-order chi connectivity index (χ0) is 13.2. The fourth-order valence-corrected chi connectivity index (χ4v) is 3.66. The van der Waals surface area contributed by atoms with Crippen LogP contribution in [-0.4, -0.2) is 32.2 Å². The molecule has 1 N–H and O–H groups in total. The van der Waals surface area contributed by atoms with E-state index in [9.17, 15) is 12.8 Å². The van der Waals surface area contributed by atoms with E-state index in [0.29, 0.717) is 0 Å². The van der Waals surface area contributed by atoms with Crippen molar-refractivity contribution in [3.05, 3.63) is 24.0 Å². The molecule has 0 aliphatic carbocycles. The molecule has 0 amide bonds. The fraction of sp³-hybridized carbons (Fsp3) is 0.500. The number of rotatable bonds is 3. The van der Waals surface area contributed by atoms with Gasteiger partial charge in [-0.25, -0.2) is 12.8 Å². The summed E-state index contributed by atoms with van der Waals surface area (Å²) in [5.74, 6) is 1.72. The number of halogens is 1. The molecule has 6 heteroatoms. The lowest BCUT2D eigenvalue weighted by atomic mass is 10.1. The Morgan fingerprint density at radius 1 is 1.33 bits per heavy atom. The van der Waals surface area contributed by atoms with E-state index < -0.39 is 15.7 Å². The lowest BCUT2D eigenvalue weighted by Gasteiger charge is -2.24. The summed E-state index contributed by atoms with van der Waals surface area (Å²) in [5, 5.41) is 3.11. The van der Waals surface area contributed by atoms with E-state index in [1.165, 1.54) is 18.2 Å². The van der Waals surface area contributed by atoms with Crippen LogP contribution in [0, 0.1) is 5.82 Å². The Kier molecular flexibility index (Phi) is 4.17. The molecular formula is C12H16FNO2S2. The molecule has 0 atom stereocenters. The van der Waals surface area contributed by atoms with Crippen LogP contribution in [0.2, 0.25) is 0 Å². The van der Waals surface area contributed by atoms with Gasteiger partial charge in [0.05, 0.1) is 10.6 Å². The topological polar surface area (TPSA) is 46.2 Å². The van der Waals surface area contributed by atoms with E-state index in [-0.39, 0.29) is 16.6 Å². The Hall–Kier alpha value is -0.750. The van der Waals surface area contributed by atoms with E-state index in [2.05, 4.69) is 5.32 Å². The van der Waals surface area contributed by atoms with Crippen LogP contribution < -0.4 is 5.32 Å². The van der Waals surface area contributed by atoms with Crippen LogP contribution in [0.4, 0.5) is 10.1 Å². The molecule has 0 aromatic heterocycles. The van der Waals surface area contributed by atoms with Gasteiger partial charge in [-0.15, -0.1) is 0 Å². The number of hydrogen-bond donors (Lipinski definition) is 1. The average molecular weight is 289 g/mol. The predicted molar refractivity (Wildman–Crippen MR) is 73.5 cm³/mol. The van der Waals surface area contributed by atoms with Gasteiger partial charge < -0.3 is 5.32 Å². The summed E-state index contributed by atoms with van der Waals surface area (Å²) in [4.78, 5) is 0.150. The highest BCUT2D eigenvalue weighted by molar-refractivity contribution is 7.99. The van der Waals surface area contributed by atoms with Gasteiger partial charge in [0.2, 0.25) is 0 Å². The van der Waals surface area contributed by atoms with Crippen LogP contribution in [0.5, 0.6) is 0 Å². The molecular weight excluding hydrogens is 273 g/mol. The zero-order valence-electron chi connectivity index (χ0n) is 10.1. The van der Waals surface area contributed by atoms with E-state index in [4.69, 9.17) is 0 Å². The highest BCUT2D eigenvalue weighted by atomic mass is 32.2. The van der Waals surface area contributed by atoms with Gasteiger partial charge in [0, 0.05) is 12.3 Å². The Bertz CT molecular complexity index is 525. The summed E-state index contributed by atoms with van der Waals surface area (Å²) < 4.78 is 36.5. The van der Waals surface area contributed by atoms with Gasteiger partial charge in [-0.05, 0) is 42.5 Å². The molecule has 1 saturated heterocycles. The SMILES string of the molecule is CS(=O)(=O)c1ccc(F)c(NC2CCSCC2)c1. The van der Waals surface area contributed by atoms with E-state index in [1.54, 1.807) is 0 Å². The normalized spacial score (nSPS) is 17.7. The van der Waals surface area contributed by atoms with Crippen LogP contribution in [0.15, 0.2) is 23.1 Å². The maximum atomic E-state index is 13.7. The monoisotopic (exact) mass is 289 g/mol. The second-order valence-corrected chi connectivity index (χ2v) is 7.69. The molecule has 0 saturated carbocycles. The quantitative estimate of drug-likeness (QED) is 0.869. The van der Waals surface area contributed by atoms with Gasteiger partial charge in [-0.2, -0.15) is 11.8 Å². The molecule has 18 heavy (non-hydrogen) atoms. The molecule has 1 aliphatic heterocycles. The molecule has 1 fully saturated rings. The fourth-order valence-electron chi connectivity index (χ4n) is 1.91. The first-order valence-corrected chi connectivity index (χ1v) is 8.85. The molecule has 2 rings (SSSR count). The summed E-state index contributed by atoms with van der Waals surface area (Å²) in [7, 11) is -3.29. The van der Waals surface area contributed by atoms with Crippen LogP contribution >= 0.6 is 11.8 Å². The van der Waals surface area contributed by atoms with Crippen molar-refractivity contribution >= 4 is 27.3 Å². The van der Waals surface area contributed by atoms with Gasteiger partial charge in [-0.1, -0.05) is 0 Å². The molecule has 1 aromatic carbocycles. The van der Waals surface area contributed by atoms with Crippen LogP contribution in [0.3, 0.4) is 0 Å². The molecule has 1 aromatic rings. The van der Waals surface area contributed by atoms with Gasteiger partial charge in [0.1, 0.15) is 5.82 Å². The molecule has 0 unspecified atom stereocenters. The third-order valence-electron chi connectivity index (χ3n) is 2.95. The maximum Gasteiger partial charge on any atom is 0.175 e. The Labute approximate surface area is 111 Å². The summed E-state index contributed by atoms with van der Waals surface area (Å²) >= 11 is 1.89. The summed E-state index contributed by atoms with van der Waals surface area (Å²) in [5.41, 5.74) is 0.287. The number of hydrogen-bond acceptors (Lipinski definition) is 4. The minimum Gasteiger partial charge on any atom is -0.380 e. The number of anilines is 1. The largest absolute Gasteiger partial charge is 0.380 e. The summed E-state index contributed by atoms with van der Waals surface area (Å²) in [6.45, 7) is 0. The Morgan fingerprint density at radius 3 is 2.61 bits per heavy atom. The number of nitrogens with one attached hydrogen (secondary N) is 1. The number of thioether (sulfide) groups is 1. The third-order valence-corrected chi connectivity index (χ3v) is 5.11. The van der Waals surface area contributed by atoms with Crippen molar-refractivity contribution in [1.29, 1.82) is 0 Å². The van der Waals surface area contributed by atoms with Crippen molar-refractivity contribution < 1.29 is 12.8 Å². The zero-order valence-corrected chi connectivity index (χ0v) is 11.8. The summed E-state index contributed by atoms with van der Waals surface area (Å²) in [6, 6.07) is 4.12. The molecule has 0 radical (unpaired) electrons. The second-order valence-electron chi connectivity index (χ2n) is 4.44. The molecule has 100 valence electrons. The standard InChI is InChI=1S/C12H16FNO2S2/c1-18(15,16)10-2-3-11(13)12(8-10)14-9-4-6-17-7-5-9/h2-3,8-9,14H,4-7H2,1H3. The lowest BCUT2D eigenvalue weighted by Crippen LogP contribution is -2.25. The minimum atomic E-state index is -3.29. The minimum absolute atomic E-state index is 0.150. The molecule has 1 aliphatic rings. The first-order chi connectivity index (χ1) is 8.47. The van der Waals surface area contributed by atoms with E-state index in [1.807, 2.05) is 11.8 Å². The van der Waals surface area contributed by atoms with Crippen LogP contribution in [-0.2, 0) is 9.84 Å². The van der Waals surface area contributed by atoms with Crippen LogP contribution in [0.1, 0.15) is 12.8 Å². The third kappa shape index (κ3) is 3.38. The summed E-state index contributed by atoms with van der Waals surface area (Å²) in [6.07, 6.45) is 3.09.